The second-order valence-electron chi connectivity index (χ2n) is 16.9. The van der Waals surface area contributed by atoms with Crippen molar-refractivity contribution in [3.8, 4) is 11.1 Å². The predicted molar refractivity (Wildman–Crippen MR) is 213 cm³/mol. The highest BCUT2D eigenvalue weighted by molar-refractivity contribution is 6.65. The van der Waals surface area contributed by atoms with Gasteiger partial charge < -0.3 is 18.6 Å². The minimum Gasteiger partial charge on any atom is -0.534 e. The highest BCUT2D eigenvalue weighted by atomic mass is 16.7. The van der Waals surface area contributed by atoms with Crippen LogP contribution in [-0.4, -0.2) is 31.0 Å². The summed E-state index contributed by atoms with van der Waals surface area (Å²) in [6, 6.07) is 18.5. The number of benzene rings is 3. The first-order valence-corrected chi connectivity index (χ1v) is 20.0. The second-order valence-corrected chi connectivity index (χ2v) is 16.9. The van der Waals surface area contributed by atoms with Crippen LogP contribution in [0.1, 0.15) is 156 Å². The molecule has 0 aromatic heterocycles. The number of hydrogen-bond donors (Lipinski definition) is 0. The minimum atomic E-state index is -0.519. The van der Waals surface area contributed by atoms with Gasteiger partial charge in [0.1, 0.15) is 5.60 Å². The molecule has 0 atom stereocenters. The zero-order chi connectivity index (χ0) is 35.7. The van der Waals surface area contributed by atoms with E-state index < -0.39 is 31.0 Å². The zero-order valence-corrected chi connectivity index (χ0v) is 32.5. The molecule has 2 saturated heterocycles. The molecule has 0 radical (unpaired) electrons. The molecule has 2 fully saturated rings. The van der Waals surface area contributed by atoms with Crippen LogP contribution in [0.5, 0.6) is 0 Å². The summed E-state index contributed by atoms with van der Waals surface area (Å²) in [7, 11) is -0.881. The van der Waals surface area contributed by atoms with Crippen LogP contribution in [-0.2, 0) is 24.0 Å². The molecule has 0 unspecified atom stereocenters. The normalized spacial score (nSPS) is 19.6. The molecule has 6 heteroatoms. The molecule has 2 heterocycles. The fourth-order valence-electron chi connectivity index (χ4n) is 8.55. The molecule has 1 aliphatic carbocycles. The fraction of sp³-hybridized carbons (Fsp3) is 0.591. The summed E-state index contributed by atoms with van der Waals surface area (Å²) in [4.78, 5) is 0. The highest BCUT2D eigenvalue weighted by Crippen LogP contribution is 2.56. The largest absolute Gasteiger partial charge is 0.563 e. The lowest BCUT2D eigenvalue weighted by Gasteiger charge is -2.34. The van der Waals surface area contributed by atoms with E-state index >= 15 is 0 Å². The van der Waals surface area contributed by atoms with E-state index in [9.17, 15) is 0 Å². The Balaban J connectivity index is 1.50. The third-order valence-corrected chi connectivity index (χ3v) is 12.4. The van der Waals surface area contributed by atoms with Crippen molar-refractivity contribution < 1.29 is 18.6 Å². The third kappa shape index (κ3) is 6.98. The topological polar surface area (TPSA) is 36.9 Å². The summed E-state index contributed by atoms with van der Waals surface area (Å²) in [6.45, 7) is 21.5. The van der Waals surface area contributed by atoms with Crippen molar-refractivity contribution in [3.05, 3.63) is 72.0 Å². The van der Waals surface area contributed by atoms with Crippen LogP contribution in [0.25, 0.3) is 21.9 Å². The van der Waals surface area contributed by atoms with Crippen molar-refractivity contribution in [2.45, 2.75) is 167 Å². The van der Waals surface area contributed by atoms with Crippen LogP contribution >= 0.6 is 0 Å². The Morgan fingerprint density at radius 3 is 1.72 bits per heavy atom. The van der Waals surface area contributed by atoms with Gasteiger partial charge in [-0.05, 0) is 98.3 Å². The maximum Gasteiger partial charge on any atom is 0.563 e. The molecule has 4 nitrogen and oxygen atoms in total. The zero-order valence-electron chi connectivity index (χ0n) is 32.5. The van der Waals surface area contributed by atoms with Gasteiger partial charge in [0.15, 0.2) is 0 Å². The highest BCUT2D eigenvalue weighted by Gasteiger charge is 2.53. The average Bonchev–Trinajstić information content (AvgIpc) is 3.60. The van der Waals surface area contributed by atoms with Gasteiger partial charge in [-0.1, -0.05) is 146 Å². The minimum absolute atomic E-state index is 0.121. The van der Waals surface area contributed by atoms with Crippen LogP contribution in [0, 0.1) is 0 Å². The molecular weight excluding hydrogens is 614 g/mol. The number of hydrogen-bond acceptors (Lipinski definition) is 4. The lowest BCUT2D eigenvalue weighted by atomic mass is 9.66. The van der Waals surface area contributed by atoms with Crippen molar-refractivity contribution in [2.24, 2.45) is 0 Å². The maximum absolute atomic E-state index is 6.79. The van der Waals surface area contributed by atoms with E-state index in [4.69, 9.17) is 18.6 Å². The summed E-state index contributed by atoms with van der Waals surface area (Å²) >= 11 is 0. The van der Waals surface area contributed by atoms with Crippen molar-refractivity contribution in [1.29, 1.82) is 0 Å². The van der Waals surface area contributed by atoms with Crippen LogP contribution in [0.4, 0.5) is 0 Å². The Kier molecular flexibility index (Phi) is 11.0. The van der Waals surface area contributed by atoms with Gasteiger partial charge in [0.25, 0.3) is 0 Å². The summed E-state index contributed by atoms with van der Waals surface area (Å²) in [5.74, 6) is 0.690. The van der Waals surface area contributed by atoms with E-state index in [1.165, 1.54) is 110 Å². The lowest BCUT2D eigenvalue weighted by molar-refractivity contribution is 0.00578. The van der Waals surface area contributed by atoms with E-state index in [0.717, 1.165) is 23.8 Å². The molecule has 0 bridgehead atoms. The van der Waals surface area contributed by atoms with Gasteiger partial charge in [-0.25, -0.2) is 0 Å². The first-order chi connectivity index (χ1) is 23.8. The van der Waals surface area contributed by atoms with Gasteiger partial charge in [0.05, 0.1) is 17.0 Å². The molecule has 2 aliphatic heterocycles. The smallest absolute Gasteiger partial charge is 0.534 e. The molecule has 3 aliphatic rings. The van der Waals surface area contributed by atoms with Gasteiger partial charge in [-0.2, -0.15) is 0 Å². The van der Waals surface area contributed by atoms with Gasteiger partial charge >= 0.3 is 14.2 Å². The first-order valence-electron chi connectivity index (χ1n) is 20.0. The van der Waals surface area contributed by atoms with E-state index in [-0.39, 0.29) is 5.41 Å². The Bertz CT molecular complexity index is 1640. The lowest BCUT2D eigenvalue weighted by Crippen LogP contribution is -2.41. The van der Waals surface area contributed by atoms with E-state index in [1.807, 2.05) is 13.8 Å². The Morgan fingerprint density at radius 2 is 1.16 bits per heavy atom. The molecule has 3 aromatic rings. The monoisotopic (exact) mass is 676 g/mol. The van der Waals surface area contributed by atoms with Crippen molar-refractivity contribution in [1.82, 2.24) is 0 Å². The second kappa shape index (κ2) is 14.8. The summed E-state index contributed by atoms with van der Waals surface area (Å²) in [5.41, 5.74) is 6.39. The molecule has 0 amide bonds. The number of rotatable bonds is 16. The quantitative estimate of drug-likeness (QED) is 0.112. The van der Waals surface area contributed by atoms with Gasteiger partial charge in [0, 0.05) is 5.41 Å². The molecule has 0 N–H and O–H groups in total. The van der Waals surface area contributed by atoms with Crippen LogP contribution in [0.15, 0.2) is 60.9 Å². The van der Waals surface area contributed by atoms with Crippen LogP contribution in [0.3, 0.4) is 0 Å². The van der Waals surface area contributed by atoms with Gasteiger partial charge in [0.2, 0.25) is 0 Å². The van der Waals surface area contributed by atoms with Crippen LogP contribution < -0.4 is 10.9 Å². The Labute approximate surface area is 304 Å². The van der Waals surface area contributed by atoms with Gasteiger partial charge in [-0.15, -0.1) is 0 Å². The molecule has 0 spiro atoms. The summed E-state index contributed by atoms with van der Waals surface area (Å²) in [5, 5.41) is 2.51. The molecule has 3 aromatic carbocycles. The first kappa shape index (κ1) is 37.2. The van der Waals surface area contributed by atoms with E-state index in [1.54, 1.807) is 0 Å². The van der Waals surface area contributed by atoms with E-state index in [0.29, 0.717) is 5.76 Å². The third-order valence-electron chi connectivity index (χ3n) is 12.4. The predicted octanol–water partition coefficient (Wildman–Crippen LogP) is 10.9. The fourth-order valence-corrected chi connectivity index (χ4v) is 8.55. The standard InChI is InChI=1S/C44H62B2O4/c1-10-12-14-16-18-22-28-44(29-23-19-17-15-13-11-2)37-30-33(45-47-32(3)41(4,5)48-45)26-27-36(37)40-35-25-21-20-24-34(35)39(31-38(40)44)46-49-42(6,7)43(8,9)50-46/h20-21,24-27,30-31H,3,10-19,22-23,28-29H2,1-2,4-9H3. The maximum atomic E-state index is 6.79. The summed E-state index contributed by atoms with van der Waals surface area (Å²) < 4.78 is 26.3. The average molecular weight is 677 g/mol. The molecule has 268 valence electrons. The van der Waals surface area contributed by atoms with E-state index in [2.05, 4.69) is 96.7 Å². The van der Waals surface area contributed by atoms with Gasteiger partial charge in [-0.3, -0.25) is 0 Å². The summed E-state index contributed by atoms with van der Waals surface area (Å²) in [6.07, 6.45) is 17.7. The number of unbranched alkanes of at least 4 members (excludes halogenated alkanes) is 10. The molecule has 50 heavy (non-hydrogen) atoms. The SMILES string of the molecule is C=C1OB(c2ccc3c(c2)C(CCCCCCCC)(CCCCCCCC)c2cc(B4OC(C)(C)C(C)(C)O4)c4ccccc4c2-3)OC1(C)C. The Morgan fingerprint density at radius 1 is 0.600 bits per heavy atom. The van der Waals surface area contributed by atoms with Crippen molar-refractivity contribution in [2.75, 3.05) is 0 Å². The number of fused-ring (bicyclic) bond motifs is 5. The van der Waals surface area contributed by atoms with Crippen LogP contribution in [0.2, 0.25) is 0 Å². The molecular formula is C44H62B2O4. The molecule has 6 rings (SSSR count). The van der Waals surface area contributed by atoms with Crippen molar-refractivity contribution >= 4 is 35.9 Å². The molecule has 0 saturated carbocycles. The van der Waals surface area contributed by atoms with Crippen molar-refractivity contribution in [3.63, 3.8) is 0 Å². The Hall–Kier alpha value is -2.53.